The first-order valence-corrected chi connectivity index (χ1v) is 5.71. The summed E-state index contributed by atoms with van der Waals surface area (Å²) in [5.74, 6) is -1.74. The number of nitrogens with two attached hydrogens (primary N) is 1. The number of hydrogen-bond donors (Lipinski definition) is 2. The molecule has 0 unspecified atom stereocenters. The molecule has 8 heteroatoms. The minimum absolute atomic E-state index is 0.125. The number of nitro groups is 1. The second-order valence-electron chi connectivity index (χ2n) is 3.94. The maximum atomic E-state index is 13.6. The molecule has 0 atom stereocenters. The van der Waals surface area contributed by atoms with Crippen LogP contribution in [0.25, 0.3) is 0 Å². The molecule has 0 aromatic heterocycles. The van der Waals surface area contributed by atoms with Crippen molar-refractivity contribution in [2.45, 2.75) is 0 Å². The number of nitrogens with one attached hydrogen (secondary N) is 1. The first-order chi connectivity index (χ1) is 9.36. The summed E-state index contributed by atoms with van der Waals surface area (Å²) in [6, 6.07) is 5.26. The Hall–Kier alpha value is -2.41. The third kappa shape index (κ3) is 2.94. The summed E-state index contributed by atoms with van der Waals surface area (Å²) in [6.07, 6.45) is 0. The highest BCUT2D eigenvalue weighted by Crippen LogP contribution is 2.31. The van der Waals surface area contributed by atoms with Crippen LogP contribution in [-0.2, 0) is 0 Å². The van der Waals surface area contributed by atoms with Crippen LogP contribution in [0.4, 0.5) is 31.5 Å². The highest BCUT2D eigenvalue weighted by Gasteiger charge is 2.13. The summed E-state index contributed by atoms with van der Waals surface area (Å²) in [5, 5.41) is 13.1. The Balaban J connectivity index is 2.42. The second-order valence-corrected chi connectivity index (χ2v) is 4.35. The lowest BCUT2D eigenvalue weighted by atomic mass is 10.2. The Kier molecular flexibility index (Phi) is 3.71. The van der Waals surface area contributed by atoms with Crippen LogP contribution in [0.3, 0.4) is 0 Å². The van der Waals surface area contributed by atoms with Crippen molar-refractivity contribution in [3.8, 4) is 0 Å². The summed E-state index contributed by atoms with van der Waals surface area (Å²) in [6.45, 7) is 0. The normalized spacial score (nSPS) is 10.3. The Labute approximate surface area is 117 Å². The predicted molar refractivity (Wildman–Crippen MR) is 72.2 cm³/mol. The lowest BCUT2D eigenvalue weighted by molar-refractivity contribution is -0.384. The molecule has 5 nitrogen and oxygen atoms in total. The van der Waals surface area contributed by atoms with Gasteiger partial charge < -0.3 is 11.1 Å². The van der Waals surface area contributed by atoms with Crippen LogP contribution in [0.15, 0.2) is 30.3 Å². The number of hydrogen-bond acceptors (Lipinski definition) is 4. The number of halogens is 3. The second kappa shape index (κ2) is 5.30. The molecule has 0 amide bonds. The zero-order valence-electron chi connectivity index (χ0n) is 9.86. The molecule has 0 aliphatic carbocycles. The molecule has 0 saturated heterocycles. The van der Waals surface area contributed by atoms with E-state index in [0.29, 0.717) is 6.07 Å². The van der Waals surface area contributed by atoms with Crippen LogP contribution in [0.1, 0.15) is 0 Å². The number of nitrogen functional groups attached to an aromatic ring is 1. The first kappa shape index (κ1) is 14.0. The molecule has 2 aromatic rings. The Morgan fingerprint density at radius 3 is 2.50 bits per heavy atom. The van der Waals surface area contributed by atoms with Crippen molar-refractivity contribution < 1.29 is 13.7 Å². The lowest BCUT2D eigenvalue weighted by Crippen LogP contribution is -1.99. The number of nitro benzene ring substituents is 1. The molecule has 0 saturated carbocycles. The van der Waals surface area contributed by atoms with Gasteiger partial charge in [0, 0.05) is 29.6 Å². The van der Waals surface area contributed by atoms with Gasteiger partial charge in [0.05, 0.1) is 15.6 Å². The van der Waals surface area contributed by atoms with Crippen LogP contribution in [0, 0.1) is 21.7 Å². The quantitative estimate of drug-likeness (QED) is 0.512. The summed E-state index contributed by atoms with van der Waals surface area (Å²) in [7, 11) is 0. The van der Waals surface area contributed by atoms with E-state index in [1.165, 1.54) is 6.07 Å². The third-order valence-electron chi connectivity index (χ3n) is 2.43. The van der Waals surface area contributed by atoms with Crippen LogP contribution in [0.5, 0.6) is 0 Å². The van der Waals surface area contributed by atoms with Crippen LogP contribution < -0.4 is 11.1 Å². The molecule has 0 aliphatic heterocycles. The fourth-order valence-electron chi connectivity index (χ4n) is 1.62. The molecule has 0 heterocycles. The predicted octanol–water partition coefficient (Wildman–Crippen LogP) is 3.85. The van der Waals surface area contributed by atoms with E-state index in [4.69, 9.17) is 17.3 Å². The Bertz CT molecular complexity index is 671. The van der Waals surface area contributed by atoms with Gasteiger partial charge in [-0.15, -0.1) is 0 Å². The van der Waals surface area contributed by atoms with Gasteiger partial charge in [-0.2, -0.15) is 0 Å². The van der Waals surface area contributed by atoms with E-state index < -0.39 is 16.6 Å². The SMILES string of the molecule is Nc1cc(Nc2c(F)cc(F)cc2Cl)cc([N+](=O)[O-])c1. The Morgan fingerprint density at radius 2 is 1.90 bits per heavy atom. The molecule has 0 aliphatic rings. The Morgan fingerprint density at radius 1 is 1.20 bits per heavy atom. The van der Waals surface area contributed by atoms with Gasteiger partial charge in [-0.1, -0.05) is 11.6 Å². The van der Waals surface area contributed by atoms with Gasteiger partial charge >= 0.3 is 0 Å². The van der Waals surface area contributed by atoms with E-state index in [1.807, 2.05) is 0 Å². The minimum Gasteiger partial charge on any atom is -0.398 e. The van der Waals surface area contributed by atoms with Gasteiger partial charge in [-0.05, 0) is 12.1 Å². The van der Waals surface area contributed by atoms with Gasteiger partial charge in [-0.25, -0.2) is 8.78 Å². The number of anilines is 3. The first-order valence-electron chi connectivity index (χ1n) is 5.33. The van der Waals surface area contributed by atoms with Crippen molar-refractivity contribution in [2.75, 3.05) is 11.1 Å². The van der Waals surface area contributed by atoms with Crippen LogP contribution in [0.2, 0.25) is 5.02 Å². The van der Waals surface area contributed by atoms with E-state index >= 15 is 0 Å². The molecule has 2 aromatic carbocycles. The van der Waals surface area contributed by atoms with E-state index in [9.17, 15) is 18.9 Å². The van der Waals surface area contributed by atoms with Crippen molar-refractivity contribution >= 4 is 34.4 Å². The maximum Gasteiger partial charge on any atom is 0.273 e. The molecule has 0 spiro atoms. The third-order valence-corrected chi connectivity index (χ3v) is 2.73. The van der Waals surface area contributed by atoms with Crippen molar-refractivity contribution in [3.63, 3.8) is 0 Å². The van der Waals surface area contributed by atoms with Crippen molar-refractivity contribution in [1.82, 2.24) is 0 Å². The fourth-order valence-corrected chi connectivity index (χ4v) is 1.86. The number of non-ortho nitro benzene ring substituents is 1. The standard InChI is InChI=1S/C12H8ClF2N3O2/c13-10-1-6(14)2-11(15)12(10)17-8-3-7(16)4-9(5-8)18(19)20/h1-5,17H,16H2. The highest BCUT2D eigenvalue weighted by atomic mass is 35.5. The lowest BCUT2D eigenvalue weighted by Gasteiger charge is -2.10. The maximum absolute atomic E-state index is 13.6. The van der Waals surface area contributed by atoms with Gasteiger partial charge in [0.2, 0.25) is 0 Å². The van der Waals surface area contributed by atoms with Gasteiger partial charge in [0.25, 0.3) is 5.69 Å². The number of rotatable bonds is 3. The molecular weight excluding hydrogens is 292 g/mol. The van der Waals surface area contributed by atoms with Crippen molar-refractivity contribution in [2.24, 2.45) is 0 Å². The fraction of sp³-hybridized carbons (Fsp3) is 0. The highest BCUT2D eigenvalue weighted by molar-refractivity contribution is 6.33. The van der Waals surface area contributed by atoms with E-state index in [2.05, 4.69) is 5.32 Å². The average Bonchev–Trinajstić information content (AvgIpc) is 2.33. The topological polar surface area (TPSA) is 81.2 Å². The van der Waals surface area contributed by atoms with Crippen LogP contribution >= 0.6 is 11.6 Å². The van der Waals surface area contributed by atoms with Crippen LogP contribution in [-0.4, -0.2) is 4.92 Å². The molecular formula is C12H8ClF2N3O2. The molecule has 0 radical (unpaired) electrons. The molecule has 3 N–H and O–H groups in total. The average molecular weight is 300 g/mol. The summed E-state index contributed by atoms with van der Waals surface area (Å²) >= 11 is 5.72. The van der Waals surface area contributed by atoms with E-state index in [0.717, 1.165) is 18.2 Å². The molecule has 0 bridgehead atoms. The molecule has 2 rings (SSSR count). The van der Waals surface area contributed by atoms with E-state index in [1.54, 1.807) is 0 Å². The van der Waals surface area contributed by atoms with Gasteiger partial charge in [-0.3, -0.25) is 10.1 Å². The van der Waals surface area contributed by atoms with E-state index in [-0.39, 0.29) is 27.8 Å². The van der Waals surface area contributed by atoms with Crippen molar-refractivity contribution in [3.05, 3.63) is 57.1 Å². The summed E-state index contributed by atoms with van der Waals surface area (Å²) in [4.78, 5) is 10.1. The monoisotopic (exact) mass is 299 g/mol. The largest absolute Gasteiger partial charge is 0.398 e. The molecule has 104 valence electrons. The number of benzene rings is 2. The molecule has 20 heavy (non-hydrogen) atoms. The summed E-state index contributed by atoms with van der Waals surface area (Å²) < 4.78 is 26.5. The zero-order chi connectivity index (χ0) is 14.9. The van der Waals surface area contributed by atoms with Gasteiger partial charge in [0.1, 0.15) is 5.82 Å². The zero-order valence-corrected chi connectivity index (χ0v) is 10.6. The smallest absolute Gasteiger partial charge is 0.273 e. The minimum atomic E-state index is -0.917. The molecule has 0 fully saturated rings. The summed E-state index contributed by atoms with van der Waals surface area (Å²) in [5.41, 5.74) is 5.37. The van der Waals surface area contributed by atoms with Crippen molar-refractivity contribution in [1.29, 1.82) is 0 Å². The number of nitrogens with zero attached hydrogens (tertiary/aromatic N) is 1. The van der Waals surface area contributed by atoms with Gasteiger partial charge in [0.15, 0.2) is 5.82 Å².